The molecule has 30 heavy (non-hydrogen) atoms. The molecule has 0 unspecified atom stereocenters. The molecule has 1 rings (SSSR count). The molecule has 0 saturated carbocycles. The van der Waals surface area contributed by atoms with E-state index >= 15 is 0 Å². The quantitative estimate of drug-likeness (QED) is 0.137. The molecule has 168 valence electrons. The number of methoxy groups -OCH3 is 1. The SMILES string of the molecule is COC(=O)CCC(=O)O/N=C(\N)c1cccc(CO[Si](C(C)C)(C(C)C)C(C)C)c1. The summed E-state index contributed by atoms with van der Waals surface area (Å²) >= 11 is 0. The van der Waals surface area contributed by atoms with Crippen molar-refractivity contribution in [3.8, 4) is 0 Å². The van der Waals surface area contributed by atoms with E-state index < -0.39 is 20.3 Å². The number of oxime groups is 1. The summed E-state index contributed by atoms with van der Waals surface area (Å²) in [7, 11) is -0.715. The number of hydrogen-bond acceptors (Lipinski definition) is 6. The maximum atomic E-state index is 11.7. The molecule has 2 N–H and O–H groups in total. The lowest BCUT2D eigenvalue weighted by Crippen LogP contribution is -2.47. The number of esters is 1. The lowest BCUT2D eigenvalue weighted by molar-refractivity contribution is -0.148. The van der Waals surface area contributed by atoms with E-state index in [0.29, 0.717) is 28.8 Å². The molecule has 1 aromatic rings. The van der Waals surface area contributed by atoms with Crippen molar-refractivity contribution in [1.82, 2.24) is 0 Å². The highest BCUT2D eigenvalue weighted by molar-refractivity contribution is 6.77. The Kier molecular flexibility index (Phi) is 10.2. The fourth-order valence-electron chi connectivity index (χ4n) is 4.03. The van der Waals surface area contributed by atoms with Crippen LogP contribution in [0, 0.1) is 0 Å². The average molecular weight is 437 g/mol. The van der Waals surface area contributed by atoms with Gasteiger partial charge in [-0.2, -0.15) is 0 Å². The number of nitrogens with two attached hydrogens (primary N) is 1. The minimum atomic E-state index is -1.98. The Morgan fingerprint density at radius 2 is 1.57 bits per heavy atom. The predicted octanol–water partition coefficient (Wildman–Crippen LogP) is 4.50. The highest BCUT2D eigenvalue weighted by Crippen LogP contribution is 2.42. The summed E-state index contributed by atoms with van der Waals surface area (Å²) in [5.74, 6) is -1.05. The molecular formula is C22H36N2O5Si. The normalized spacial score (nSPS) is 12.5. The Morgan fingerprint density at radius 1 is 1.00 bits per heavy atom. The van der Waals surface area contributed by atoms with Gasteiger partial charge in [0.1, 0.15) is 0 Å². The minimum Gasteiger partial charge on any atom is -0.469 e. The number of nitrogens with zero attached hydrogens (tertiary/aromatic N) is 1. The van der Waals surface area contributed by atoms with Crippen molar-refractivity contribution in [2.45, 2.75) is 77.6 Å². The average Bonchev–Trinajstić information content (AvgIpc) is 2.69. The molecule has 0 spiro atoms. The van der Waals surface area contributed by atoms with Crippen LogP contribution in [0.1, 0.15) is 65.5 Å². The lowest BCUT2D eigenvalue weighted by atomic mass is 10.1. The minimum absolute atomic E-state index is 0.0647. The zero-order valence-electron chi connectivity index (χ0n) is 19.2. The number of ether oxygens (including phenoxy) is 1. The third-order valence-corrected chi connectivity index (χ3v) is 11.5. The van der Waals surface area contributed by atoms with Crippen molar-refractivity contribution in [2.24, 2.45) is 10.9 Å². The summed E-state index contributed by atoms with van der Waals surface area (Å²) < 4.78 is 11.1. The molecule has 8 heteroatoms. The smallest absolute Gasteiger partial charge is 0.335 e. The van der Waals surface area contributed by atoms with E-state index in [2.05, 4.69) is 51.4 Å². The van der Waals surface area contributed by atoms with Crippen molar-refractivity contribution in [1.29, 1.82) is 0 Å². The molecule has 0 radical (unpaired) electrons. The van der Waals surface area contributed by atoms with Gasteiger partial charge in [0, 0.05) is 5.56 Å². The van der Waals surface area contributed by atoms with Crippen molar-refractivity contribution in [3.05, 3.63) is 35.4 Å². The highest BCUT2D eigenvalue weighted by Gasteiger charge is 2.44. The zero-order valence-corrected chi connectivity index (χ0v) is 20.2. The highest BCUT2D eigenvalue weighted by atomic mass is 28.4. The molecule has 7 nitrogen and oxygen atoms in total. The maximum absolute atomic E-state index is 11.7. The van der Waals surface area contributed by atoms with Crippen LogP contribution in [-0.2, 0) is 30.2 Å². The Hall–Kier alpha value is -2.19. The van der Waals surface area contributed by atoms with E-state index in [1.54, 1.807) is 6.07 Å². The third-order valence-electron chi connectivity index (χ3n) is 5.43. The molecular weight excluding hydrogens is 400 g/mol. The molecule has 0 aliphatic rings. The van der Waals surface area contributed by atoms with Crippen molar-refractivity contribution >= 4 is 26.1 Å². The lowest BCUT2D eigenvalue weighted by Gasteiger charge is -2.42. The second-order valence-corrected chi connectivity index (χ2v) is 13.8. The van der Waals surface area contributed by atoms with Gasteiger partial charge >= 0.3 is 11.9 Å². The van der Waals surface area contributed by atoms with E-state index in [1.165, 1.54) is 7.11 Å². The number of rotatable bonds is 11. The van der Waals surface area contributed by atoms with Gasteiger partial charge in [-0.25, -0.2) is 4.79 Å². The molecule has 0 bridgehead atoms. The first-order chi connectivity index (χ1) is 14.0. The van der Waals surface area contributed by atoms with E-state index in [1.807, 2.05) is 18.2 Å². The molecule has 0 atom stereocenters. The topological polar surface area (TPSA) is 100 Å². The van der Waals surface area contributed by atoms with Crippen LogP contribution in [0.5, 0.6) is 0 Å². The summed E-state index contributed by atoms with van der Waals surface area (Å²) in [5, 5.41) is 3.69. The largest absolute Gasteiger partial charge is 0.469 e. The van der Waals surface area contributed by atoms with Gasteiger partial charge in [0.2, 0.25) is 8.32 Å². The third kappa shape index (κ3) is 6.95. The summed E-state index contributed by atoms with van der Waals surface area (Å²) in [6.07, 6.45) is -0.186. The van der Waals surface area contributed by atoms with Gasteiger partial charge in [-0.15, -0.1) is 0 Å². The van der Waals surface area contributed by atoms with Crippen LogP contribution in [0.25, 0.3) is 0 Å². The zero-order chi connectivity index (χ0) is 22.9. The second kappa shape index (κ2) is 11.9. The summed E-state index contributed by atoms with van der Waals surface area (Å²) in [6.45, 7) is 14.0. The summed E-state index contributed by atoms with van der Waals surface area (Å²) in [4.78, 5) is 27.5. The second-order valence-electron chi connectivity index (χ2n) is 8.32. The summed E-state index contributed by atoms with van der Waals surface area (Å²) in [5.41, 5.74) is 9.09. The first kappa shape index (κ1) is 25.8. The van der Waals surface area contributed by atoms with E-state index in [-0.39, 0.29) is 18.7 Å². The Morgan fingerprint density at radius 3 is 2.10 bits per heavy atom. The monoisotopic (exact) mass is 436 g/mol. The number of carbonyl (C=O) groups excluding carboxylic acids is 2. The number of carbonyl (C=O) groups is 2. The maximum Gasteiger partial charge on any atom is 0.335 e. The molecule has 0 amide bonds. The molecule has 0 heterocycles. The van der Waals surface area contributed by atoms with E-state index in [9.17, 15) is 9.59 Å². The van der Waals surface area contributed by atoms with Crippen LogP contribution in [0.2, 0.25) is 16.6 Å². The first-order valence-electron chi connectivity index (χ1n) is 10.4. The first-order valence-corrected chi connectivity index (χ1v) is 12.5. The van der Waals surface area contributed by atoms with Crippen LogP contribution in [0.3, 0.4) is 0 Å². The molecule has 0 aromatic heterocycles. The van der Waals surface area contributed by atoms with Gasteiger partial charge in [-0.1, -0.05) is 64.9 Å². The van der Waals surface area contributed by atoms with Crippen LogP contribution in [0.4, 0.5) is 0 Å². The van der Waals surface area contributed by atoms with Gasteiger partial charge in [0.15, 0.2) is 5.84 Å². The fourth-order valence-corrected chi connectivity index (χ4v) is 9.45. The van der Waals surface area contributed by atoms with Crippen LogP contribution < -0.4 is 5.73 Å². The number of amidine groups is 1. The van der Waals surface area contributed by atoms with Gasteiger partial charge in [0.05, 0.1) is 26.6 Å². The molecule has 0 aliphatic heterocycles. The van der Waals surface area contributed by atoms with Gasteiger partial charge in [-0.05, 0) is 28.3 Å². The van der Waals surface area contributed by atoms with Gasteiger partial charge in [0.25, 0.3) is 0 Å². The Bertz CT molecular complexity index is 725. The predicted molar refractivity (Wildman–Crippen MR) is 120 cm³/mol. The van der Waals surface area contributed by atoms with Crippen LogP contribution in [0.15, 0.2) is 29.4 Å². The number of hydrogen-bond donors (Lipinski definition) is 1. The standard InChI is InChI=1S/C22H36N2O5Si/c1-15(2)30(16(3)4,17(5)6)28-14-18-9-8-10-19(13-18)22(23)24-29-21(26)12-11-20(25)27-7/h8-10,13,15-17H,11-12,14H2,1-7H3,(H2,23,24). The number of benzene rings is 1. The molecule has 0 fully saturated rings. The van der Waals surface area contributed by atoms with E-state index in [0.717, 1.165) is 5.56 Å². The molecule has 0 aliphatic carbocycles. The van der Waals surface area contributed by atoms with Gasteiger partial charge < -0.3 is 19.7 Å². The van der Waals surface area contributed by atoms with Crippen LogP contribution in [-0.4, -0.2) is 33.2 Å². The van der Waals surface area contributed by atoms with Crippen LogP contribution >= 0.6 is 0 Å². The van der Waals surface area contributed by atoms with Crippen molar-refractivity contribution < 1.29 is 23.6 Å². The van der Waals surface area contributed by atoms with Gasteiger partial charge in [-0.3, -0.25) is 4.79 Å². The fraction of sp³-hybridized carbons (Fsp3) is 0.591. The van der Waals surface area contributed by atoms with Crippen molar-refractivity contribution in [2.75, 3.05) is 7.11 Å². The molecule has 1 aromatic carbocycles. The Labute approximate surface area is 181 Å². The van der Waals surface area contributed by atoms with Crippen molar-refractivity contribution in [3.63, 3.8) is 0 Å². The molecule has 0 saturated heterocycles. The Balaban J connectivity index is 2.84. The summed E-state index contributed by atoms with van der Waals surface area (Å²) in [6, 6.07) is 7.54. The van der Waals surface area contributed by atoms with E-state index in [4.69, 9.17) is 15.0 Å².